The van der Waals surface area contributed by atoms with Crippen LogP contribution in [0.1, 0.15) is 0 Å². The van der Waals surface area contributed by atoms with Gasteiger partial charge in [0.05, 0.1) is 5.57 Å². The van der Waals surface area contributed by atoms with Crippen LogP contribution in [0.15, 0.2) is 24.5 Å². The Hall–Kier alpha value is -1.35. The Labute approximate surface area is 94.5 Å². The van der Waals surface area contributed by atoms with E-state index < -0.39 is 36.0 Å². The van der Waals surface area contributed by atoms with Gasteiger partial charge in [-0.05, 0) is 0 Å². The molecule has 0 rings (SSSR count). The fourth-order valence-electron chi connectivity index (χ4n) is 0.691. The molecule has 1 nitrogen and oxygen atoms in total. The summed E-state index contributed by atoms with van der Waals surface area (Å²) >= 11 is 0. The van der Waals surface area contributed by atoms with Gasteiger partial charge >= 0.3 is 18.5 Å². The highest BCUT2D eigenvalue weighted by molar-refractivity contribution is 5.24. The van der Waals surface area contributed by atoms with Crippen molar-refractivity contribution in [1.82, 2.24) is 0 Å². The fourth-order valence-corrected chi connectivity index (χ4v) is 0.691. The first kappa shape index (κ1) is 16.6. The Morgan fingerprint density at radius 3 is 1.33 bits per heavy atom. The first-order valence-electron chi connectivity index (χ1n) is 3.93. The molecule has 0 aliphatic heterocycles. The molecule has 18 heavy (non-hydrogen) atoms. The predicted molar refractivity (Wildman–Crippen MR) is 41.3 cm³/mol. The van der Waals surface area contributed by atoms with Crippen LogP contribution < -0.4 is 0 Å². The zero-order valence-corrected chi connectivity index (χ0v) is 8.30. The average molecular weight is 288 g/mol. The minimum absolute atomic E-state index is 1.85. The Kier molecular flexibility index (Phi) is 4.37. The number of halogens is 9. The highest BCUT2D eigenvalue weighted by Crippen LogP contribution is 2.39. The smallest absolute Gasteiger partial charge is 0.434 e. The van der Waals surface area contributed by atoms with Crippen LogP contribution in [0, 0.1) is 0 Å². The zero-order valence-electron chi connectivity index (χ0n) is 8.30. The molecular formula is C8H5F9O. The average Bonchev–Trinajstić information content (AvgIpc) is 2.07. The number of allylic oxidation sites excluding steroid dienone is 1. The molecule has 0 N–H and O–H groups in total. The van der Waals surface area contributed by atoms with Gasteiger partial charge in [-0.25, -0.2) is 0 Å². The van der Waals surface area contributed by atoms with E-state index in [4.69, 9.17) is 0 Å². The van der Waals surface area contributed by atoms with Crippen molar-refractivity contribution in [1.29, 1.82) is 0 Å². The molecular weight excluding hydrogens is 283 g/mol. The van der Waals surface area contributed by atoms with Crippen LogP contribution in [-0.4, -0.2) is 24.6 Å². The van der Waals surface area contributed by atoms with Crippen molar-refractivity contribution in [2.24, 2.45) is 0 Å². The second-order valence-corrected chi connectivity index (χ2v) is 2.98. The van der Waals surface area contributed by atoms with Gasteiger partial charge in [-0.3, -0.25) is 0 Å². The molecule has 0 radical (unpaired) electrons. The number of hydrogen-bond acceptors (Lipinski definition) is 1. The summed E-state index contributed by atoms with van der Waals surface area (Å²) < 4.78 is 111. The summed E-state index contributed by atoms with van der Waals surface area (Å²) in [5, 5.41) is 0. The van der Waals surface area contributed by atoms with Gasteiger partial charge in [0.2, 0.25) is 0 Å². The number of hydrogen-bond donors (Lipinski definition) is 0. The molecule has 0 unspecified atom stereocenters. The van der Waals surface area contributed by atoms with Crippen molar-refractivity contribution in [3.8, 4) is 0 Å². The number of rotatable bonds is 3. The van der Waals surface area contributed by atoms with E-state index in [0.29, 0.717) is 0 Å². The monoisotopic (exact) mass is 288 g/mol. The van der Waals surface area contributed by atoms with Gasteiger partial charge in [-0.2, -0.15) is 39.5 Å². The SMILES string of the molecule is C=C(OC(C(F)(F)F)C(F)(F)F)C(=C)C(F)(F)F. The van der Waals surface area contributed by atoms with Crippen LogP contribution in [0.25, 0.3) is 0 Å². The normalized spacial score (nSPS) is 13.7. The summed E-state index contributed by atoms with van der Waals surface area (Å²) in [6, 6.07) is 0. The van der Waals surface area contributed by atoms with E-state index in [9.17, 15) is 39.5 Å². The van der Waals surface area contributed by atoms with E-state index in [0.717, 1.165) is 0 Å². The second-order valence-electron chi connectivity index (χ2n) is 2.98. The van der Waals surface area contributed by atoms with Crippen molar-refractivity contribution in [2.45, 2.75) is 24.6 Å². The van der Waals surface area contributed by atoms with Crippen molar-refractivity contribution < 1.29 is 44.3 Å². The lowest BCUT2D eigenvalue weighted by atomic mass is 10.2. The molecule has 0 saturated heterocycles. The highest BCUT2D eigenvalue weighted by atomic mass is 19.4. The van der Waals surface area contributed by atoms with E-state index >= 15 is 0 Å². The van der Waals surface area contributed by atoms with Gasteiger partial charge in [0.1, 0.15) is 5.76 Å². The van der Waals surface area contributed by atoms with E-state index in [2.05, 4.69) is 17.9 Å². The van der Waals surface area contributed by atoms with Crippen LogP contribution in [0.2, 0.25) is 0 Å². The van der Waals surface area contributed by atoms with E-state index in [1.807, 2.05) is 0 Å². The minimum atomic E-state index is -5.92. The zero-order chi connectivity index (χ0) is 14.9. The fraction of sp³-hybridized carbons (Fsp3) is 0.500. The lowest BCUT2D eigenvalue weighted by Gasteiger charge is -2.25. The molecule has 0 saturated carbocycles. The topological polar surface area (TPSA) is 9.23 Å². The Morgan fingerprint density at radius 2 is 1.11 bits per heavy atom. The molecule has 106 valence electrons. The van der Waals surface area contributed by atoms with Crippen LogP contribution in [0.3, 0.4) is 0 Å². The Balaban J connectivity index is 5.05. The van der Waals surface area contributed by atoms with E-state index in [-0.39, 0.29) is 0 Å². The van der Waals surface area contributed by atoms with Crippen LogP contribution in [0.5, 0.6) is 0 Å². The summed E-state index contributed by atoms with van der Waals surface area (Å²) in [5.41, 5.74) is -2.03. The van der Waals surface area contributed by atoms with Crippen LogP contribution in [-0.2, 0) is 4.74 Å². The first-order valence-corrected chi connectivity index (χ1v) is 3.93. The maximum atomic E-state index is 11.9. The van der Waals surface area contributed by atoms with Gasteiger partial charge in [0, 0.05) is 0 Å². The van der Waals surface area contributed by atoms with Crippen LogP contribution in [0.4, 0.5) is 39.5 Å². The van der Waals surface area contributed by atoms with E-state index in [1.165, 1.54) is 0 Å². The summed E-state index contributed by atoms with van der Waals surface area (Å²) in [4.78, 5) is 0. The maximum absolute atomic E-state index is 11.9. The van der Waals surface area contributed by atoms with Crippen molar-refractivity contribution in [3.05, 3.63) is 24.5 Å². The van der Waals surface area contributed by atoms with E-state index in [1.54, 1.807) is 0 Å². The van der Waals surface area contributed by atoms with Crippen molar-refractivity contribution in [3.63, 3.8) is 0 Å². The molecule has 0 fully saturated rings. The van der Waals surface area contributed by atoms with Crippen molar-refractivity contribution in [2.75, 3.05) is 0 Å². The van der Waals surface area contributed by atoms with Crippen LogP contribution >= 0.6 is 0 Å². The van der Waals surface area contributed by atoms with Gasteiger partial charge < -0.3 is 4.74 Å². The van der Waals surface area contributed by atoms with Gasteiger partial charge in [0.25, 0.3) is 6.10 Å². The molecule has 0 aromatic heterocycles. The number of alkyl halides is 9. The third-order valence-corrected chi connectivity index (χ3v) is 1.53. The third kappa shape index (κ3) is 4.49. The molecule has 0 aromatic carbocycles. The molecule has 0 aliphatic carbocycles. The summed E-state index contributed by atoms with van der Waals surface area (Å²) in [6.07, 6.45) is -21.5. The minimum Gasteiger partial charge on any atom is -0.471 e. The number of ether oxygens (including phenoxy) is 1. The summed E-state index contributed by atoms with van der Waals surface area (Å²) in [6.45, 7) is 4.60. The van der Waals surface area contributed by atoms with Gasteiger partial charge in [0.15, 0.2) is 0 Å². The summed E-state index contributed by atoms with van der Waals surface area (Å²) in [7, 11) is 0. The standard InChI is InChI=1S/C8H5F9O/c1-3(6(9,10)11)4(2)18-5(7(12,13)14)8(15,16)17/h5H,1-2H2. The van der Waals surface area contributed by atoms with Gasteiger partial charge in [-0.1, -0.05) is 13.2 Å². The van der Waals surface area contributed by atoms with Crippen molar-refractivity contribution >= 4 is 0 Å². The molecule has 0 atom stereocenters. The largest absolute Gasteiger partial charge is 0.471 e. The van der Waals surface area contributed by atoms with Gasteiger partial charge in [-0.15, -0.1) is 0 Å². The quantitative estimate of drug-likeness (QED) is 0.431. The molecule has 0 aromatic rings. The first-order chi connectivity index (χ1) is 7.67. The third-order valence-electron chi connectivity index (χ3n) is 1.53. The lowest BCUT2D eigenvalue weighted by Crippen LogP contribution is -2.44. The predicted octanol–water partition coefficient (Wildman–Crippen LogP) is 4.13. The molecule has 0 spiro atoms. The molecule has 10 heteroatoms. The molecule has 0 bridgehead atoms. The lowest BCUT2D eigenvalue weighted by molar-refractivity contribution is -0.313. The maximum Gasteiger partial charge on any atom is 0.434 e. The second kappa shape index (κ2) is 4.73. The Morgan fingerprint density at radius 1 is 0.778 bits per heavy atom. The molecule has 0 heterocycles. The Bertz CT molecular complexity index is 318. The molecule has 0 amide bonds. The molecule has 0 aliphatic rings. The summed E-state index contributed by atoms with van der Waals surface area (Å²) in [5.74, 6) is -1.85. The highest BCUT2D eigenvalue weighted by Gasteiger charge is 2.59.